The van der Waals surface area contributed by atoms with Gasteiger partial charge in [-0.15, -0.1) is 0 Å². The van der Waals surface area contributed by atoms with E-state index < -0.39 is 0 Å². The molecule has 3 rings (SSSR count). The van der Waals surface area contributed by atoms with E-state index in [0.29, 0.717) is 23.8 Å². The molecule has 0 fully saturated rings. The highest BCUT2D eigenvalue weighted by Gasteiger charge is 2.07. The van der Waals surface area contributed by atoms with Crippen LogP contribution in [0.5, 0.6) is 0 Å². The maximum Gasteiger partial charge on any atom is 0.222 e. The molecule has 2 heterocycles. The van der Waals surface area contributed by atoms with Gasteiger partial charge in [-0.3, -0.25) is 4.79 Å². The molecule has 0 aliphatic rings. The third-order valence-corrected chi connectivity index (χ3v) is 3.71. The molecule has 0 saturated heterocycles. The highest BCUT2D eigenvalue weighted by Crippen LogP contribution is 2.10. The maximum atomic E-state index is 11.4. The highest BCUT2D eigenvalue weighted by atomic mass is 16.1. The highest BCUT2D eigenvalue weighted by molar-refractivity contribution is 5.94. The normalized spacial score (nSPS) is 10.6. The zero-order chi connectivity index (χ0) is 16.9. The fraction of sp³-hybridized carbons (Fsp3) is 0.222. The van der Waals surface area contributed by atoms with E-state index in [-0.39, 0.29) is 5.78 Å². The van der Waals surface area contributed by atoms with E-state index in [4.69, 9.17) is 0 Å². The van der Waals surface area contributed by atoms with Gasteiger partial charge >= 0.3 is 0 Å². The minimum Gasteiger partial charge on any atom is -0.354 e. The second-order valence-electron chi connectivity index (χ2n) is 5.55. The standard InChI is InChI=1S/C18H19N5O/c1-13-17(14(2)24)11-20-18(22-13)19-9-8-15-10-21-23(12-15)16-6-4-3-5-7-16/h3-7,10-12H,8-9H2,1-2H3,(H,19,20,22). The molecule has 0 atom stereocenters. The Morgan fingerprint density at radius 3 is 2.71 bits per heavy atom. The summed E-state index contributed by atoms with van der Waals surface area (Å²) in [6.45, 7) is 4.02. The van der Waals surface area contributed by atoms with Gasteiger partial charge in [-0.1, -0.05) is 18.2 Å². The molecule has 1 N–H and O–H groups in total. The number of hydrogen-bond acceptors (Lipinski definition) is 5. The Labute approximate surface area is 140 Å². The van der Waals surface area contributed by atoms with Gasteiger partial charge in [0.1, 0.15) is 0 Å². The SMILES string of the molecule is CC(=O)c1cnc(NCCc2cnn(-c3ccccc3)c2)nc1C. The van der Waals surface area contributed by atoms with Gasteiger partial charge in [-0.05, 0) is 38.0 Å². The Bertz CT molecular complexity index is 842. The van der Waals surface area contributed by atoms with Gasteiger partial charge in [0.05, 0.1) is 23.1 Å². The molecule has 3 aromatic rings. The summed E-state index contributed by atoms with van der Waals surface area (Å²) in [4.78, 5) is 19.9. The quantitative estimate of drug-likeness (QED) is 0.707. The first-order valence-electron chi connectivity index (χ1n) is 7.81. The third-order valence-electron chi connectivity index (χ3n) is 3.71. The minimum atomic E-state index is -0.0209. The van der Waals surface area contributed by atoms with Gasteiger partial charge in [-0.25, -0.2) is 14.6 Å². The molecular weight excluding hydrogens is 302 g/mol. The molecular formula is C18H19N5O. The monoisotopic (exact) mass is 321 g/mol. The second kappa shape index (κ2) is 7.04. The van der Waals surface area contributed by atoms with Crippen LogP contribution < -0.4 is 5.32 Å². The summed E-state index contributed by atoms with van der Waals surface area (Å²) in [6, 6.07) is 9.99. The lowest BCUT2D eigenvalue weighted by Crippen LogP contribution is -2.10. The van der Waals surface area contributed by atoms with Crippen LogP contribution in [0.1, 0.15) is 28.5 Å². The second-order valence-corrected chi connectivity index (χ2v) is 5.55. The number of aromatic nitrogens is 4. The van der Waals surface area contributed by atoms with E-state index in [1.165, 1.54) is 6.92 Å². The summed E-state index contributed by atoms with van der Waals surface area (Å²) in [6.07, 6.45) is 6.26. The van der Waals surface area contributed by atoms with E-state index in [1.54, 1.807) is 6.20 Å². The number of aryl methyl sites for hydroxylation is 1. The topological polar surface area (TPSA) is 72.7 Å². The number of nitrogens with zero attached hydrogens (tertiary/aromatic N) is 4. The molecule has 0 radical (unpaired) electrons. The van der Waals surface area contributed by atoms with Crippen molar-refractivity contribution in [2.24, 2.45) is 0 Å². The van der Waals surface area contributed by atoms with Crippen molar-refractivity contribution in [2.45, 2.75) is 20.3 Å². The number of carbonyl (C=O) groups excluding carboxylic acids is 1. The summed E-state index contributed by atoms with van der Waals surface area (Å²) < 4.78 is 1.86. The fourth-order valence-electron chi connectivity index (χ4n) is 2.43. The van der Waals surface area contributed by atoms with Crippen LogP contribution in [0.4, 0.5) is 5.95 Å². The van der Waals surface area contributed by atoms with E-state index in [1.807, 2.05) is 54.3 Å². The van der Waals surface area contributed by atoms with Gasteiger partial charge in [0.2, 0.25) is 5.95 Å². The molecule has 24 heavy (non-hydrogen) atoms. The van der Waals surface area contributed by atoms with Crippen LogP contribution in [0.2, 0.25) is 0 Å². The van der Waals surface area contributed by atoms with Gasteiger partial charge in [-0.2, -0.15) is 5.10 Å². The zero-order valence-electron chi connectivity index (χ0n) is 13.7. The number of nitrogens with one attached hydrogen (secondary N) is 1. The molecule has 0 aliphatic carbocycles. The molecule has 0 unspecified atom stereocenters. The van der Waals surface area contributed by atoms with Crippen molar-refractivity contribution >= 4 is 11.7 Å². The maximum absolute atomic E-state index is 11.4. The van der Waals surface area contributed by atoms with Crippen molar-refractivity contribution < 1.29 is 4.79 Å². The number of Topliss-reactive ketones (excluding diaryl/α,β-unsaturated/α-hetero) is 1. The Morgan fingerprint density at radius 2 is 2.00 bits per heavy atom. The molecule has 6 nitrogen and oxygen atoms in total. The predicted molar refractivity (Wildman–Crippen MR) is 92.5 cm³/mol. The molecule has 0 aliphatic heterocycles. The summed E-state index contributed by atoms with van der Waals surface area (Å²) in [5, 5.41) is 7.56. The lowest BCUT2D eigenvalue weighted by molar-refractivity contribution is 0.101. The number of hydrogen-bond donors (Lipinski definition) is 1. The lowest BCUT2D eigenvalue weighted by Gasteiger charge is -2.06. The first-order valence-corrected chi connectivity index (χ1v) is 7.81. The van der Waals surface area contributed by atoms with Gasteiger partial charge in [0.25, 0.3) is 0 Å². The van der Waals surface area contributed by atoms with Gasteiger partial charge < -0.3 is 5.32 Å². The number of anilines is 1. The number of ketones is 1. The Hall–Kier alpha value is -3.02. The summed E-state index contributed by atoms with van der Waals surface area (Å²) in [5.74, 6) is 0.514. The summed E-state index contributed by atoms with van der Waals surface area (Å²) in [7, 11) is 0. The van der Waals surface area contributed by atoms with Crippen molar-refractivity contribution in [1.29, 1.82) is 0 Å². The van der Waals surface area contributed by atoms with Crippen LogP contribution in [0.25, 0.3) is 5.69 Å². The minimum absolute atomic E-state index is 0.0209. The summed E-state index contributed by atoms with van der Waals surface area (Å²) in [5.41, 5.74) is 3.42. The molecule has 1 aromatic carbocycles. The average Bonchev–Trinajstić information content (AvgIpc) is 3.04. The van der Waals surface area contributed by atoms with Crippen LogP contribution in [-0.4, -0.2) is 32.1 Å². The van der Waals surface area contributed by atoms with Crippen molar-refractivity contribution in [3.63, 3.8) is 0 Å². The first-order chi connectivity index (χ1) is 11.6. The Balaban J connectivity index is 1.58. The molecule has 0 bridgehead atoms. The van der Waals surface area contributed by atoms with Crippen molar-refractivity contribution in [3.05, 3.63) is 65.7 Å². The van der Waals surface area contributed by atoms with Crippen LogP contribution in [0, 0.1) is 6.92 Å². The molecule has 6 heteroatoms. The largest absolute Gasteiger partial charge is 0.354 e. The van der Waals surface area contributed by atoms with E-state index >= 15 is 0 Å². The van der Waals surface area contributed by atoms with Crippen molar-refractivity contribution in [2.75, 3.05) is 11.9 Å². The number of para-hydroxylation sites is 1. The zero-order valence-corrected chi connectivity index (χ0v) is 13.7. The number of carbonyl (C=O) groups is 1. The Morgan fingerprint density at radius 1 is 1.21 bits per heavy atom. The molecule has 122 valence electrons. The van der Waals surface area contributed by atoms with Crippen LogP contribution in [0.3, 0.4) is 0 Å². The molecule has 0 saturated carbocycles. The summed E-state index contributed by atoms with van der Waals surface area (Å²) >= 11 is 0. The molecule has 0 amide bonds. The van der Waals surface area contributed by atoms with Crippen molar-refractivity contribution in [1.82, 2.24) is 19.7 Å². The van der Waals surface area contributed by atoms with E-state index in [9.17, 15) is 4.79 Å². The van der Waals surface area contributed by atoms with Crippen LogP contribution >= 0.6 is 0 Å². The third kappa shape index (κ3) is 3.65. The van der Waals surface area contributed by atoms with E-state index in [2.05, 4.69) is 20.4 Å². The number of benzene rings is 1. The smallest absolute Gasteiger partial charge is 0.222 e. The Kier molecular flexibility index (Phi) is 4.65. The predicted octanol–water partition coefficient (Wildman–Crippen LogP) is 2.83. The number of rotatable bonds is 6. The lowest BCUT2D eigenvalue weighted by atomic mass is 10.2. The average molecular weight is 321 g/mol. The van der Waals surface area contributed by atoms with Crippen molar-refractivity contribution in [3.8, 4) is 5.69 Å². The van der Waals surface area contributed by atoms with Crippen LogP contribution in [-0.2, 0) is 6.42 Å². The molecule has 0 spiro atoms. The van der Waals surface area contributed by atoms with E-state index in [0.717, 1.165) is 17.7 Å². The van der Waals surface area contributed by atoms with Gasteiger partial charge in [0.15, 0.2) is 5.78 Å². The fourth-order valence-corrected chi connectivity index (χ4v) is 2.43. The first kappa shape index (κ1) is 15.9. The van der Waals surface area contributed by atoms with Gasteiger partial charge in [0, 0.05) is 18.9 Å². The molecule has 2 aromatic heterocycles. The van der Waals surface area contributed by atoms with Crippen LogP contribution in [0.15, 0.2) is 48.9 Å².